The molecule has 0 bridgehead atoms. The normalized spacial score (nSPS) is 11.5. The van der Waals surface area contributed by atoms with Crippen LogP contribution in [0, 0.1) is 0 Å². The molecule has 0 spiro atoms. The predicted octanol–water partition coefficient (Wildman–Crippen LogP) is 1.98. The number of pyridine rings is 1. The SMILES string of the molecule is O=C(CO)c1ccc(Cn2nnnc2-c2ccc(C(F)(F)F)cn2)cc1. The number of nitrogens with zero attached hydrogens (tertiary/aromatic N) is 5. The Labute approximate surface area is 145 Å². The van der Waals surface area contributed by atoms with Crippen molar-refractivity contribution in [3.8, 4) is 11.5 Å². The number of hydrogen-bond acceptors (Lipinski definition) is 6. The molecular weight excluding hydrogens is 351 g/mol. The van der Waals surface area contributed by atoms with Crippen molar-refractivity contribution in [2.24, 2.45) is 0 Å². The Morgan fingerprint density at radius 2 is 1.85 bits per heavy atom. The van der Waals surface area contributed by atoms with Gasteiger partial charge in [-0.2, -0.15) is 13.2 Å². The van der Waals surface area contributed by atoms with E-state index in [-0.39, 0.29) is 18.1 Å². The third-order valence-electron chi connectivity index (χ3n) is 3.60. The van der Waals surface area contributed by atoms with Crippen molar-refractivity contribution < 1.29 is 23.1 Å². The van der Waals surface area contributed by atoms with E-state index in [0.717, 1.165) is 17.8 Å². The van der Waals surface area contributed by atoms with Gasteiger partial charge in [0.25, 0.3) is 0 Å². The lowest BCUT2D eigenvalue weighted by Crippen LogP contribution is -2.08. The first-order chi connectivity index (χ1) is 12.4. The lowest BCUT2D eigenvalue weighted by molar-refractivity contribution is -0.137. The lowest BCUT2D eigenvalue weighted by atomic mass is 10.1. The second-order valence-electron chi connectivity index (χ2n) is 5.37. The van der Waals surface area contributed by atoms with Gasteiger partial charge in [-0.15, -0.1) is 5.10 Å². The van der Waals surface area contributed by atoms with Crippen LogP contribution in [0.25, 0.3) is 11.5 Å². The van der Waals surface area contributed by atoms with E-state index in [1.165, 1.54) is 10.7 Å². The smallest absolute Gasteiger partial charge is 0.388 e. The number of tetrazole rings is 1. The maximum Gasteiger partial charge on any atom is 0.417 e. The molecule has 0 radical (unpaired) electrons. The summed E-state index contributed by atoms with van der Waals surface area (Å²) in [7, 11) is 0. The number of alkyl halides is 3. The van der Waals surface area contributed by atoms with Crippen LogP contribution in [0.4, 0.5) is 13.2 Å². The molecule has 2 aromatic heterocycles. The van der Waals surface area contributed by atoms with Crippen LogP contribution >= 0.6 is 0 Å². The Bertz CT molecular complexity index is 905. The van der Waals surface area contributed by atoms with E-state index in [1.807, 2.05) is 0 Å². The van der Waals surface area contributed by atoms with E-state index in [0.29, 0.717) is 5.56 Å². The zero-order chi connectivity index (χ0) is 18.7. The number of carbonyl (C=O) groups excluding carboxylic acids is 1. The van der Waals surface area contributed by atoms with Crippen LogP contribution in [0.1, 0.15) is 21.5 Å². The number of ketones is 1. The van der Waals surface area contributed by atoms with E-state index in [4.69, 9.17) is 5.11 Å². The molecule has 0 saturated carbocycles. The molecule has 10 heteroatoms. The van der Waals surface area contributed by atoms with E-state index in [9.17, 15) is 18.0 Å². The van der Waals surface area contributed by atoms with Crippen LogP contribution < -0.4 is 0 Å². The number of halogens is 3. The van der Waals surface area contributed by atoms with Crippen molar-refractivity contribution >= 4 is 5.78 Å². The maximum atomic E-state index is 12.6. The lowest BCUT2D eigenvalue weighted by Gasteiger charge is -2.08. The topological polar surface area (TPSA) is 93.8 Å². The molecule has 3 aromatic rings. The molecule has 0 aliphatic heterocycles. The number of aliphatic hydroxyl groups is 1. The number of aromatic nitrogens is 5. The van der Waals surface area contributed by atoms with Gasteiger partial charge >= 0.3 is 6.18 Å². The summed E-state index contributed by atoms with van der Waals surface area (Å²) in [5, 5.41) is 20.0. The molecule has 3 rings (SSSR count). The Hall–Kier alpha value is -3.14. The molecule has 0 aliphatic carbocycles. The monoisotopic (exact) mass is 363 g/mol. The highest BCUT2D eigenvalue weighted by Gasteiger charge is 2.30. The molecule has 0 atom stereocenters. The van der Waals surface area contributed by atoms with Crippen molar-refractivity contribution in [1.82, 2.24) is 25.2 Å². The van der Waals surface area contributed by atoms with E-state index < -0.39 is 24.1 Å². The molecule has 0 amide bonds. The van der Waals surface area contributed by atoms with E-state index >= 15 is 0 Å². The number of aliphatic hydroxyl groups excluding tert-OH is 1. The van der Waals surface area contributed by atoms with Gasteiger partial charge < -0.3 is 5.11 Å². The molecule has 26 heavy (non-hydrogen) atoms. The standard InChI is InChI=1S/C16H12F3N5O2/c17-16(18,19)12-5-6-13(20-7-12)15-21-22-23-24(15)8-10-1-3-11(4-2-10)14(26)9-25/h1-7,25H,8-9H2. The van der Waals surface area contributed by atoms with E-state index in [2.05, 4.69) is 20.5 Å². The van der Waals surface area contributed by atoms with Gasteiger partial charge in [-0.05, 0) is 28.1 Å². The van der Waals surface area contributed by atoms with Crippen molar-refractivity contribution in [2.45, 2.75) is 12.7 Å². The number of Topliss-reactive ketones (excluding diaryl/α,β-unsaturated/α-hetero) is 1. The highest BCUT2D eigenvalue weighted by molar-refractivity contribution is 5.96. The third kappa shape index (κ3) is 3.75. The van der Waals surface area contributed by atoms with Crippen LogP contribution in [0.3, 0.4) is 0 Å². The molecule has 134 valence electrons. The van der Waals surface area contributed by atoms with Crippen molar-refractivity contribution in [3.05, 3.63) is 59.3 Å². The average molecular weight is 363 g/mol. The fraction of sp³-hybridized carbons (Fsp3) is 0.188. The second kappa shape index (κ2) is 7.00. The Kier molecular flexibility index (Phi) is 4.76. The van der Waals surface area contributed by atoms with Crippen LogP contribution in [-0.4, -0.2) is 42.7 Å². The van der Waals surface area contributed by atoms with Gasteiger partial charge in [-0.3, -0.25) is 9.78 Å². The van der Waals surface area contributed by atoms with Gasteiger partial charge in [-0.25, -0.2) is 4.68 Å². The average Bonchev–Trinajstić information content (AvgIpc) is 3.09. The Balaban J connectivity index is 1.81. The molecule has 1 aromatic carbocycles. The minimum atomic E-state index is -4.47. The number of rotatable bonds is 5. The Morgan fingerprint density at radius 3 is 2.42 bits per heavy atom. The van der Waals surface area contributed by atoms with Crippen LogP contribution in [0.5, 0.6) is 0 Å². The quantitative estimate of drug-likeness (QED) is 0.697. The second-order valence-corrected chi connectivity index (χ2v) is 5.37. The first-order valence-electron chi connectivity index (χ1n) is 7.41. The molecular formula is C16H12F3N5O2. The van der Waals surface area contributed by atoms with Crippen LogP contribution in [-0.2, 0) is 12.7 Å². The van der Waals surface area contributed by atoms with Crippen molar-refractivity contribution in [1.29, 1.82) is 0 Å². The van der Waals surface area contributed by atoms with Crippen molar-refractivity contribution in [2.75, 3.05) is 6.61 Å². The molecule has 0 saturated heterocycles. The zero-order valence-electron chi connectivity index (χ0n) is 13.2. The summed E-state index contributed by atoms with van der Waals surface area (Å²) in [6, 6.07) is 8.59. The summed E-state index contributed by atoms with van der Waals surface area (Å²) < 4.78 is 39.2. The highest BCUT2D eigenvalue weighted by atomic mass is 19.4. The van der Waals surface area contributed by atoms with Gasteiger partial charge in [0, 0.05) is 11.8 Å². The number of carbonyl (C=O) groups is 1. The molecule has 2 heterocycles. The van der Waals surface area contributed by atoms with Gasteiger partial charge in [-0.1, -0.05) is 24.3 Å². The Morgan fingerprint density at radius 1 is 1.12 bits per heavy atom. The first kappa shape index (κ1) is 17.7. The summed E-state index contributed by atoms with van der Waals surface area (Å²) in [4.78, 5) is 15.2. The molecule has 0 fully saturated rings. The number of hydrogen-bond donors (Lipinski definition) is 1. The number of benzene rings is 1. The fourth-order valence-electron chi connectivity index (χ4n) is 2.25. The summed E-state index contributed by atoms with van der Waals surface area (Å²) in [6.07, 6.45) is -3.74. The molecule has 0 unspecified atom stereocenters. The predicted molar refractivity (Wildman–Crippen MR) is 83.0 cm³/mol. The van der Waals surface area contributed by atoms with Gasteiger partial charge in [0.1, 0.15) is 12.3 Å². The molecule has 0 aliphatic rings. The molecule has 7 nitrogen and oxygen atoms in total. The summed E-state index contributed by atoms with van der Waals surface area (Å²) in [5.41, 5.74) is 0.483. The summed E-state index contributed by atoms with van der Waals surface area (Å²) in [5.74, 6) is -0.178. The van der Waals surface area contributed by atoms with Gasteiger partial charge in [0.05, 0.1) is 12.1 Å². The van der Waals surface area contributed by atoms with Crippen LogP contribution in [0.2, 0.25) is 0 Å². The van der Waals surface area contributed by atoms with Gasteiger partial charge in [0.2, 0.25) is 5.82 Å². The minimum absolute atomic E-state index is 0.204. The zero-order valence-corrected chi connectivity index (χ0v) is 13.2. The highest BCUT2D eigenvalue weighted by Crippen LogP contribution is 2.29. The maximum absolute atomic E-state index is 12.6. The van der Waals surface area contributed by atoms with Crippen LogP contribution in [0.15, 0.2) is 42.6 Å². The van der Waals surface area contributed by atoms with Crippen molar-refractivity contribution in [3.63, 3.8) is 0 Å². The molecule has 1 N–H and O–H groups in total. The summed E-state index contributed by atoms with van der Waals surface area (Å²) >= 11 is 0. The fourth-order valence-corrected chi connectivity index (χ4v) is 2.25. The minimum Gasteiger partial charge on any atom is -0.388 e. The first-order valence-corrected chi connectivity index (χ1v) is 7.41. The largest absolute Gasteiger partial charge is 0.417 e. The summed E-state index contributed by atoms with van der Waals surface area (Å²) in [6.45, 7) is -0.339. The van der Waals surface area contributed by atoms with Gasteiger partial charge in [0.15, 0.2) is 5.78 Å². The third-order valence-corrected chi connectivity index (χ3v) is 3.60. The van der Waals surface area contributed by atoms with E-state index in [1.54, 1.807) is 24.3 Å².